The zero-order valence-corrected chi connectivity index (χ0v) is 12.3. The van der Waals surface area contributed by atoms with Crippen LogP contribution in [0.15, 0.2) is 0 Å². The molecule has 8 nitrogen and oxygen atoms in total. The van der Waals surface area contributed by atoms with Crippen molar-refractivity contribution in [2.75, 3.05) is 26.3 Å². The van der Waals surface area contributed by atoms with Gasteiger partial charge in [-0.1, -0.05) is 0 Å². The average Bonchev–Trinajstić information content (AvgIpc) is 2.23. The minimum Gasteiger partial charge on any atom is -0.781 e. The molecule has 0 aromatic heterocycles. The number of nitrogens with two attached hydrogens (primary N) is 2. The monoisotopic (exact) mass is 332 g/mol. The van der Waals surface area contributed by atoms with Gasteiger partial charge in [0, 0.05) is 13.1 Å². The van der Waals surface area contributed by atoms with E-state index in [2.05, 4.69) is 9.05 Å². The first-order valence-corrected chi connectivity index (χ1v) is 7.07. The van der Waals surface area contributed by atoms with Crippen LogP contribution in [0.1, 0.15) is 12.8 Å². The van der Waals surface area contributed by atoms with Crippen LogP contribution < -0.4 is 21.3 Å². The summed E-state index contributed by atoms with van der Waals surface area (Å²) in [5.74, 6) is 0. The van der Waals surface area contributed by atoms with Crippen LogP contribution >= 0.6 is 16.5 Å². The van der Waals surface area contributed by atoms with Crippen LogP contribution in [0.2, 0.25) is 0 Å². The Balaban J connectivity index is -0.000000340. The molecule has 0 rings (SSSR count). The molecule has 0 aliphatic rings. The summed E-state index contributed by atoms with van der Waals surface area (Å²) in [5, 5.41) is 0. The summed E-state index contributed by atoms with van der Waals surface area (Å²) in [6.07, 6.45) is 0.932. The first-order chi connectivity index (χ1) is 7.54. The Hall–Kier alpha value is 0.739. The van der Waals surface area contributed by atoms with E-state index in [1.165, 1.54) is 0 Å². The third-order valence-corrected chi connectivity index (χ3v) is 2.02. The summed E-state index contributed by atoms with van der Waals surface area (Å²) >= 11 is 0. The van der Waals surface area contributed by atoms with E-state index in [0.29, 0.717) is 25.9 Å². The normalized spacial score (nSPS) is 12.9. The van der Waals surface area contributed by atoms with E-state index in [0.717, 1.165) is 0 Å². The first kappa shape index (κ1) is 22.9. The summed E-state index contributed by atoms with van der Waals surface area (Å²) < 4.78 is 28.2. The van der Waals surface area contributed by atoms with E-state index in [4.69, 9.17) is 11.5 Å². The van der Waals surface area contributed by atoms with Crippen molar-refractivity contribution in [2.45, 2.75) is 12.8 Å². The van der Waals surface area contributed by atoms with Gasteiger partial charge in [-0.3, -0.25) is 0 Å². The molecule has 0 saturated heterocycles. The Morgan fingerprint density at radius 1 is 0.882 bits per heavy atom. The van der Waals surface area contributed by atoms with Crippen molar-refractivity contribution >= 4 is 16.5 Å². The zero-order valence-electron chi connectivity index (χ0n) is 9.20. The molecule has 17 heavy (non-hydrogen) atoms. The molecular weight excluding hydrogens is 314 g/mol. The molecule has 0 aliphatic heterocycles. The van der Waals surface area contributed by atoms with Gasteiger partial charge in [-0.2, -0.15) is 0 Å². The molecule has 0 spiro atoms. The number of hydrogen-bond acceptors (Lipinski definition) is 8. The van der Waals surface area contributed by atoms with Gasteiger partial charge in [0.15, 0.2) is 0 Å². The van der Waals surface area contributed by atoms with E-state index >= 15 is 0 Å². The summed E-state index contributed by atoms with van der Waals surface area (Å²) in [7, 11) is -6.19. The van der Waals surface area contributed by atoms with Crippen LogP contribution in [0.25, 0.3) is 0 Å². The van der Waals surface area contributed by atoms with Gasteiger partial charge in [0.25, 0.3) is 0 Å². The maximum atomic E-state index is 9.87. The van der Waals surface area contributed by atoms with Gasteiger partial charge in [-0.05, 0) is 12.8 Å². The van der Waals surface area contributed by atoms with Crippen LogP contribution in [0.5, 0.6) is 0 Å². The summed E-state index contributed by atoms with van der Waals surface area (Å²) in [5.41, 5.74) is 9.81. The summed E-state index contributed by atoms with van der Waals surface area (Å²) in [6.45, 7) is 1.37. The van der Waals surface area contributed by atoms with Crippen molar-refractivity contribution in [3.05, 3.63) is 0 Å². The van der Waals surface area contributed by atoms with Gasteiger partial charge in [0.05, 0.1) is 13.2 Å². The molecule has 0 aromatic rings. The second-order valence-corrected chi connectivity index (χ2v) is 4.06. The van der Waals surface area contributed by atoms with Crippen molar-refractivity contribution in [1.29, 1.82) is 0 Å². The van der Waals surface area contributed by atoms with Crippen molar-refractivity contribution in [3.63, 3.8) is 0 Å². The molecule has 0 fully saturated rings. The van der Waals surface area contributed by atoms with E-state index in [9.17, 15) is 18.9 Å². The summed E-state index contributed by atoms with van der Waals surface area (Å²) in [4.78, 5) is 19.7. The SMILES string of the molecule is NCCN.O=[PH]([O-])OCCCCO[PH](=O)[O-].[Fe+2]. The van der Waals surface area contributed by atoms with Crippen LogP contribution in [0.3, 0.4) is 0 Å². The van der Waals surface area contributed by atoms with Gasteiger partial charge in [-0.25, -0.2) is 0 Å². The third-order valence-electron chi connectivity index (χ3n) is 1.15. The maximum absolute atomic E-state index is 9.87. The number of unbranched alkanes of at least 4 members (excludes halogenated alkanes) is 1. The van der Waals surface area contributed by atoms with Crippen LogP contribution in [0.4, 0.5) is 0 Å². The van der Waals surface area contributed by atoms with Crippen LogP contribution in [-0.2, 0) is 35.2 Å². The maximum Gasteiger partial charge on any atom is 2.00 e. The molecule has 4 N–H and O–H groups in total. The van der Waals surface area contributed by atoms with Crippen molar-refractivity contribution in [1.82, 2.24) is 0 Å². The van der Waals surface area contributed by atoms with Gasteiger partial charge in [0.1, 0.15) is 16.5 Å². The smallest absolute Gasteiger partial charge is 0.781 e. The second kappa shape index (κ2) is 19.1. The molecule has 2 unspecified atom stereocenters. The van der Waals surface area contributed by atoms with Gasteiger partial charge in [-0.15, -0.1) is 0 Å². The van der Waals surface area contributed by atoms with Gasteiger partial charge < -0.3 is 39.4 Å². The quantitative estimate of drug-likeness (QED) is 0.300. The Bertz CT molecular complexity index is 179. The molecule has 0 amide bonds. The predicted octanol–water partition coefficient (Wildman–Crippen LogP) is -1.80. The van der Waals surface area contributed by atoms with E-state index in [1.807, 2.05) is 0 Å². The molecule has 0 saturated carbocycles. The van der Waals surface area contributed by atoms with Gasteiger partial charge >= 0.3 is 17.1 Å². The Morgan fingerprint density at radius 3 is 1.35 bits per heavy atom. The third kappa shape index (κ3) is 31.5. The standard InChI is InChI=1S/C4H12O6P2.C2H8N2.Fe/c5-11(6)9-3-1-2-4-10-12(7)8;3-1-2-4;/h11-12H,1-4H2,(H,5,6)(H,7,8);1-4H2;/q;;+2/p-2. The topological polar surface area (TPSA) is 151 Å². The van der Waals surface area contributed by atoms with Crippen molar-refractivity contribution in [3.8, 4) is 0 Å². The first-order valence-electron chi connectivity index (χ1n) is 4.62. The fraction of sp³-hybridized carbons (Fsp3) is 1.00. The molecule has 106 valence electrons. The van der Waals surface area contributed by atoms with E-state index < -0.39 is 16.5 Å². The predicted molar refractivity (Wildman–Crippen MR) is 57.2 cm³/mol. The minimum atomic E-state index is -3.10. The average molecular weight is 332 g/mol. The van der Waals surface area contributed by atoms with Crippen LogP contribution in [-0.4, -0.2) is 26.3 Å². The zero-order chi connectivity index (χ0) is 12.8. The summed E-state index contributed by atoms with van der Waals surface area (Å²) in [6, 6.07) is 0. The van der Waals surface area contributed by atoms with Gasteiger partial charge in [0.2, 0.25) is 0 Å². The molecule has 0 aliphatic carbocycles. The largest absolute Gasteiger partial charge is 2.00 e. The van der Waals surface area contributed by atoms with Crippen molar-refractivity contribution < 1.29 is 45.0 Å². The Labute approximate surface area is 112 Å². The van der Waals surface area contributed by atoms with Crippen LogP contribution in [0, 0.1) is 0 Å². The Kier molecular flexibility index (Phi) is 25.7. The van der Waals surface area contributed by atoms with E-state index in [1.54, 1.807) is 0 Å². The fourth-order valence-corrected chi connectivity index (χ4v) is 1.14. The molecule has 0 heterocycles. The van der Waals surface area contributed by atoms with Crippen molar-refractivity contribution in [2.24, 2.45) is 11.5 Å². The van der Waals surface area contributed by atoms with E-state index in [-0.39, 0.29) is 30.3 Å². The fourth-order valence-electron chi connectivity index (χ4n) is 0.515. The molecule has 0 bridgehead atoms. The second-order valence-electron chi connectivity index (χ2n) is 2.48. The molecule has 2 atom stereocenters. The number of rotatable bonds is 8. The molecule has 0 radical (unpaired) electrons. The number of hydrogen-bond donors (Lipinski definition) is 2. The Morgan fingerprint density at radius 2 is 1.18 bits per heavy atom. The molecule has 11 heteroatoms. The minimum absolute atomic E-state index is 0. The molecular formula is C6H18FeN2O6P2. The molecule has 0 aromatic carbocycles.